The van der Waals surface area contributed by atoms with Gasteiger partial charge in [-0.15, -0.1) is 0 Å². The van der Waals surface area contributed by atoms with Crippen LogP contribution >= 0.6 is 11.8 Å². The molecule has 1 aliphatic carbocycles. The Kier molecular flexibility index (Phi) is 7.44. The summed E-state index contributed by atoms with van der Waals surface area (Å²) in [7, 11) is 1.70. The molecule has 0 amide bonds. The van der Waals surface area contributed by atoms with Gasteiger partial charge in [-0.2, -0.15) is 11.8 Å². The van der Waals surface area contributed by atoms with E-state index in [2.05, 4.69) is 28.8 Å². The molecule has 0 spiro atoms. The van der Waals surface area contributed by atoms with Gasteiger partial charge in [0.25, 0.3) is 0 Å². The Morgan fingerprint density at radius 3 is 2.88 bits per heavy atom. The van der Waals surface area contributed by atoms with Gasteiger partial charge in [-0.3, -0.25) is 4.99 Å². The van der Waals surface area contributed by atoms with Gasteiger partial charge in [0.05, 0.1) is 13.2 Å². The molecule has 1 aliphatic rings. The fourth-order valence-corrected chi connectivity index (χ4v) is 2.84. The number of thioether (sulfide) groups is 1. The summed E-state index contributed by atoms with van der Waals surface area (Å²) in [6.45, 7) is 4.38. The highest BCUT2D eigenvalue weighted by Crippen LogP contribution is 2.27. The van der Waals surface area contributed by atoms with Crippen LogP contribution in [0.2, 0.25) is 0 Å². The monoisotopic (exact) mass is 259 g/mol. The van der Waals surface area contributed by atoms with Crippen LogP contribution in [0.1, 0.15) is 26.2 Å². The molecule has 0 bridgehead atoms. The molecule has 1 fully saturated rings. The summed E-state index contributed by atoms with van der Waals surface area (Å²) in [6, 6.07) is 0.577. The maximum atomic E-state index is 5.01. The number of guanidine groups is 1. The van der Waals surface area contributed by atoms with Crippen molar-refractivity contribution in [3.05, 3.63) is 0 Å². The largest absolute Gasteiger partial charge is 0.383 e. The quantitative estimate of drug-likeness (QED) is 0.431. The second kappa shape index (κ2) is 8.64. The number of methoxy groups -OCH3 is 1. The van der Waals surface area contributed by atoms with Crippen molar-refractivity contribution < 1.29 is 4.74 Å². The first-order valence-electron chi connectivity index (χ1n) is 6.36. The van der Waals surface area contributed by atoms with Crippen LogP contribution in [0.25, 0.3) is 0 Å². The van der Waals surface area contributed by atoms with Gasteiger partial charge in [-0.1, -0.05) is 0 Å². The van der Waals surface area contributed by atoms with Crippen molar-refractivity contribution in [2.45, 2.75) is 37.5 Å². The van der Waals surface area contributed by atoms with Gasteiger partial charge in [0, 0.05) is 24.9 Å². The molecule has 0 heterocycles. The van der Waals surface area contributed by atoms with Gasteiger partial charge < -0.3 is 15.4 Å². The molecule has 0 radical (unpaired) electrons. The van der Waals surface area contributed by atoms with E-state index in [1.807, 2.05) is 11.8 Å². The third-order valence-electron chi connectivity index (χ3n) is 2.97. The molecule has 2 atom stereocenters. The van der Waals surface area contributed by atoms with Crippen molar-refractivity contribution in [3.8, 4) is 0 Å². The second-order valence-electron chi connectivity index (χ2n) is 4.27. The molecule has 1 rings (SSSR count). The second-order valence-corrected chi connectivity index (χ2v) is 5.40. The number of aliphatic imine (C=N–C) groups is 1. The van der Waals surface area contributed by atoms with E-state index in [4.69, 9.17) is 4.74 Å². The highest BCUT2D eigenvalue weighted by atomic mass is 32.2. The minimum Gasteiger partial charge on any atom is -0.383 e. The molecule has 4 nitrogen and oxygen atoms in total. The first-order valence-corrected chi connectivity index (χ1v) is 7.65. The lowest BCUT2D eigenvalue weighted by atomic mass is 10.2. The maximum absolute atomic E-state index is 5.01. The highest BCUT2D eigenvalue weighted by Gasteiger charge is 2.24. The number of hydrogen-bond acceptors (Lipinski definition) is 3. The number of nitrogens with one attached hydrogen (secondary N) is 2. The van der Waals surface area contributed by atoms with Crippen LogP contribution < -0.4 is 10.6 Å². The molecule has 0 saturated heterocycles. The van der Waals surface area contributed by atoms with Crippen LogP contribution in [-0.2, 0) is 4.74 Å². The van der Waals surface area contributed by atoms with Crippen molar-refractivity contribution in [1.29, 1.82) is 0 Å². The number of ether oxygens (including phenoxy) is 1. The normalized spacial score (nSPS) is 25.0. The number of hydrogen-bond donors (Lipinski definition) is 2. The molecule has 17 heavy (non-hydrogen) atoms. The van der Waals surface area contributed by atoms with E-state index in [1.54, 1.807) is 7.11 Å². The average molecular weight is 259 g/mol. The van der Waals surface area contributed by atoms with E-state index in [0.29, 0.717) is 19.2 Å². The number of rotatable bonds is 6. The van der Waals surface area contributed by atoms with Crippen molar-refractivity contribution in [2.75, 3.05) is 33.1 Å². The summed E-state index contributed by atoms with van der Waals surface area (Å²) in [6.07, 6.45) is 6.01. The van der Waals surface area contributed by atoms with E-state index in [1.165, 1.54) is 19.3 Å². The Labute approximate surface area is 109 Å². The molecular formula is C12H25N3OS. The van der Waals surface area contributed by atoms with Gasteiger partial charge in [0.15, 0.2) is 5.96 Å². The maximum Gasteiger partial charge on any atom is 0.191 e. The van der Waals surface area contributed by atoms with Gasteiger partial charge in [0.1, 0.15) is 0 Å². The fraction of sp³-hybridized carbons (Fsp3) is 0.917. The first kappa shape index (κ1) is 14.6. The third kappa shape index (κ3) is 5.64. The van der Waals surface area contributed by atoms with Gasteiger partial charge >= 0.3 is 0 Å². The van der Waals surface area contributed by atoms with Crippen LogP contribution in [0.3, 0.4) is 0 Å². The summed E-state index contributed by atoms with van der Waals surface area (Å²) in [5.74, 6) is 0.927. The Balaban J connectivity index is 2.35. The van der Waals surface area contributed by atoms with E-state index < -0.39 is 0 Å². The summed E-state index contributed by atoms with van der Waals surface area (Å²) in [4.78, 5) is 4.48. The zero-order chi connectivity index (χ0) is 12.5. The Bertz CT molecular complexity index is 236. The van der Waals surface area contributed by atoms with E-state index in [0.717, 1.165) is 17.8 Å². The molecule has 0 aromatic heterocycles. The van der Waals surface area contributed by atoms with Crippen molar-refractivity contribution in [1.82, 2.24) is 10.6 Å². The van der Waals surface area contributed by atoms with Crippen molar-refractivity contribution in [2.24, 2.45) is 4.99 Å². The standard InChI is InChI=1S/C12H25N3OS/c1-4-13-12(14-7-8-16-2)15-10-5-6-11(9-10)17-3/h10-11H,4-9H2,1-3H3,(H2,13,14,15). The van der Waals surface area contributed by atoms with E-state index in [9.17, 15) is 0 Å². The van der Waals surface area contributed by atoms with E-state index in [-0.39, 0.29) is 0 Å². The first-order chi connectivity index (χ1) is 8.30. The van der Waals surface area contributed by atoms with Crippen LogP contribution in [-0.4, -0.2) is 50.3 Å². The van der Waals surface area contributed by atoms with Crippen LogP contribution in [0.15, 0.2) is 4.99 Å². The molecule has 2 N–H and O–H groups in total. The van der Waals surface area contributed by atoms with Crippen molar-refractivity contribution >= 4 is 17.7 Å². The minimum atomic E-state index is 0.577. The Morgan fingerprint density at radius 1 is 1.47 bits per heavy atom. The zero-order valence-electron chi connectivity index (χ0n) is 11.2. The van der Waals surface area contributed by atoms with Crippen LogP contribution in [0.5, 0.6) is 0 Å². The van der Waals surface area contributed by atoms with Crippen LogP contribution in [0.4, 0.5) is 0 Å². The lowest BCUT2D eigenvalue weighted by molar-refractivity contribution is 0.208. The Hall–Kier alpha value is -0.420. The van der Waals surface area contributed by atoms with Gasteiger partial charge in [-0.05, 0) is 32.4 Å². The minimum absolute atomic E-state index is 0.577. The molecule has 100 valence electrons. The topological polar surface area (TPSA) is 45.7 Å². The molecule has 5 heteroatoms. The predicted molar refractivity (Wildman–Crippen MR) is 75.9 cm³/mol. The van der Waals surface area contributed by atoms with Gasteiger partial charge in [-0.25, -0.2) is 0 Å². The lowest BCUT2D eigenvalue weighted by Crippen LogP contribution is -2.42. The Morgan fingerprint density at radius 2 is 2.29 bits per heavy atom. The molecule has 0 aromatic carbocycles. The summed E-state index contributed by atoms with van der Waals surface area (Å²) < 4.78 is 5.01. The van der Waals surface area contributed by atoms with Crippen LogP contribution in [0, 0.1) is 0 Å². The molecule has 0 aliphatic heterocycles. The van der Waals surface area contributed by atoms with Gasteiger partial charge in [0.2, 0.25) is 0 Å². The SMILES string of the molecule is CCNC(=NCCOC)NC1CCC(SC)C1. The molecular weight excluding hydrogens is 234 g/mol. The van der Waals surface area contributed by atoms with Crippen molar-refractivity contribution in [3.63, 3.8) is 0 Å². The molecule has 2 unspecified atom stereocenters. The van der Waals surface area contributed by atoms with E-state index >= 15 is 0 Å². The smallest absolute Gasteiger partial charge is 0.191 e. The third-order valence-corrected chi connectivity index (χ3v) is 4.06. The fourth-order valence-electron chi connectivity index (χ4n) is 2.05. The average Bonchev–Trinajstić information content (AvgIpc) is 2.77. The summed E-state index contributed by atoms with van der Waals surface area (Å²) in [5, 5.41) is 7.60. The predicted octanol–water partition coefficient (Wildman–Crippen LogP) is 1.47. The summed E-state index contributed by atoms with van der Waals surface area (Å²) >= 11 is 1.98. The lowest BCUT2D eigenvalue weighted by Gasteiger charge is -2.17. The molecule has 0 aromatic rings. The highest BCUT2D eigenvalue weighted by molar-refractivity contribution is 7.99. The molecule has 1 saturated carbocycles. The number of nitrogens with zero attached hydrogens (tertiary/aromatic N) is 1. The summed E-state index contributed by atoms with van der Waals surface area (Å²) in [5.41, 5.74) is 0. The zero-order valence-corrected chi connectivity index (χ0v) is 12.0.